The number of anilines is 1. The number of carbonyl (C=O) groups is 2. The van der Waals surface area contributed by atoms with Crippen LogP contribution in [0.25, 0.3) is 22.2 Å². The Labute approximate surface area is 270 Å². The molecule has 1 atom stereocenters. The molecule has 11 nitrogen and oxygen atoms in total. The van der Waals surface area contributed by atoms with Crippen LogP contribution in [-0.2, 0) is 17.8 Å². The highest BCUT2D eigenvalue weighted by molar-refractivity contribution is 6.05. The summed E-state index contributed by atoms with van der Waals surface area (Å²) in [6, 6.07) is 14.0. The lowest BCUT2D eigenvalue weighted by molar-refractivity contribution is 0.0143. The van der Waals surface area contributed by atoms with Gasteiger partial charge in [0.25, 0.3) is 5.91 Å². The van der Waals surface area contributed by atoms with E-state index in [1.807, 2.05) is 80.3 Å². The molecule has 0 radical (unpaired) electrons. The van der Waals surface area contributed by atoms with Gasteiger partial charge in [-0.2, -0.15) is 5.10 Å². The first kappa shape index (κ1) is 31.7. The standard InChI is InChI=1S/C35H46N8O3/c1-25-7-5-15-42(25)24-32-38-30-13-12-29(21-31(30)39-32)37-33(44)27-10-8-26(9-11-27)28-22-36-43(23-28)16-6-14-40-17-19-41(20-18-40)34(45)46-35(2,3)4/h8-13,21-23,25H,5-7,14-20,24H2,1-4H3,(H,37,44)(H,38,39)/t25-/m0/s1. The summed E-state index contributed by atoms with van der Waals surface area (Å²) in [6.07, 6.45) is 7.13. The molecule has 2 N–H and O–H groups in total. The highest BCUT2D eigenvalue weighted by Gasteiger charge is 2.26. The number of amides is 2. The van der Waals surface area contributed by atoms with Crippen LogP contribution < -0.4 is 5.32 Å². The van der Waals surface area contributed by atoms with Gasteiger partial charge in [0.1, 0.15) is 11.4 Å². The average molecular weight is 627 g/mol. The first-order chi connectivity index (χ1) is 22.1. The second-order valence-corrected chi connectivity index (χ2v) is 13.6. The van der Waals surface area contributed by atoms with Crippen molar-refractivity contribution in [1.29, 1.82) is 0 Å². The average Bonchev–Trinajstić information content (AvgIpc) is 3.77. The largest absolute Gasteiger partial charge is 0.444 e. The van der Waals surface area contributed by atoms with E-state index in [0.717, 1.165) is 79.4 Å². The quantitative estimate of drug-likeness (QED) is 0.249. The number of aromatic amines is 1. The molecule has 2 saturated heterocycles. The predicted octanol–water partition coefficient (Wildman–Crippen LogP) is 5.61. The van der Waals surface area contributed by atoms with Crippen molar-refractivity contribution in [3.05, 3.63) is 66.2 Å². The number of aromatic nitrogens is 4. The highest BCUT2D eigenvalue weighted by Crippen LogP contribution is 2.23. The molecule has 2 aliphatic heterocycles. The minimum atomic E-state index is -0.471. The van der Waals surface area contributed by atoms with Crippen molar-refractivity contribution in [3.8, 4) is 11.1 Å². The third-order valence-corrected chi connectivity index (χ3v) is 8.83. The lowest BCUT2D eigenvalue weighted by Gasteiger charge is -2.35. The van der Waals surface area contributed by atoms with E-state index in [1.54, 1.807) is 4.90 Å². The molecule has 0 aliphatic carbocycles. The van der Waals surface area contributed by atoms with Gasteiger partial charge in [0.15, 0.2) is 0 Å². The Bertz CT molecular complexity index is 1650. The maximum absolute atomic E-state index is 13.0. The molecule has 11 heteroatoms. The fraction of sp³-hybridized carbons (Fsp3) is 0.486. The fourth-order valence-corrected chi connectivity index (χ4v) is 6.22. The Hall–Kier alpha value is -4.22. The van der Waals surface area contributed by atoms with E-state index in [0.29, 0.717) is 24.7 Å². The number of H-pyrrole nitrogens is 1. The number of nitrogens with one attached hydrogen (secondary N) is 2. The number of rotatable bonds is 9. The van der Waals surface area contributed by atoms with Crippen molar-refractivity contribution in [1.82, 2.24) is 34.4 Å². The number of nitrogens with zero attached hydrogens (tertiary/aromatic N) is 6. The van der Waals surface area contributed by atoms with Crippen LogP contribution in [0.15, 0.2) is 54.9 Å². The lowest BCUT2D eigenvalue weighted by Crippen LogP contribution is -2.50. The second-order valence-electron chi connectivity index (χ2n) is 13.6. The Balaban J connectivity index is 0.964. The summed E-state index contributed by atoms with van der Waals surface area (Å²) >= 11 is 0. The zero-order valence-electron chi connectivity index (χ0n) is 27.5. The number of benzene rings is 2. The third-order valence-electron chi connectivity index (χ3n) is 8.83. The van der Waals surface area contributed by atoms with Crippen molar-refractivity contribution in [2.75, 3.05) is 44.6 Å². The smallest absolute Gasteiger partial charge is 0.410 e. The van der Waals surface area contributed by atoms with Crippen molar-refractivity contribution >= 4 is 28.7 Å². The molecule has 6 rings (SSSR count). The van der Waals surface area contributed by atoms with Crippen LogP contribution in [-0.4, -0.2) is 97.4 Å². The lowest BCUT2D eigenvalue weighted by atomic mass is 10.1. The van der Waals surface area contributed by atoms with Gasteiger partial charge in [-0.15, -0.1) is 0 Å². The number of hydrogen-bond donors (Lipinski definition) is 2. The molecular weight excluding hydrogens is 580 g/mol. The van der Waals surface area contributed by atoms with Gasteiger partial charge in [-0.1, -0.05) is 12.1 Å². The summed E-state index contributed by atoms with van der Waals surface area (Å²) in [5.41, 5.74) is 4.72. The van der Waals surface area contributed by atoms with E-state index in [1.165, 1.54) is 12.8 Å². The zero-order chi connectivity index (χ0) is 32.3. The summed E-state index contributed by atoms with van der Waals surface area (Å²) in [6.45, 7) is 14.7. The van der Waals surface area contributed by atoms with E-state index in [4.69, 9.17) is 9.72 Å². The Morgan fingerprint density at radius 3 is 2.50 bits per heavy atom. The van der Waals surface area contributed by atoms with E-state index < -0.39 is 5.60 Å². The molecule has 0 spiro atoms. The minimum absolute atomic E-state index is 0.154. The van der Waals surface area contributed by atoms with Crippen LogP contribution in [0.3, 0.4) is 0 Å². The SMILES string of the molecule is C[C@H]1CCCN1Cc1nc2ccc(NC(=O)c3ccc(-c4cnn(CCCN5CCN(C(=O)OC(C)(C)C)CC5)c4)cc3)cc2[nH]1. The van der Waals surface area contributed by atoms with Crippen LogP contribution in [0.2, 0.25) is 0 Å². The van der Waals surface area contributed by atoms with Crippen molar-refractivity contribution < 1.29 is 14.3 Å². The zero-order valence-corrected chi connectivity index (χ0v) is 27.5. The summed E-state index contributed by atoms with van der Waals surface area (Å²) in [5, 5.41) is 7.58. The number of fused-ring (bicyclic) bond motifs is 1. The Morgan fingerprint density at radius 1 is 1.00 bits per heavy atom. The fourth-order valence-electron chi connectivity index (χ4n) is 6.22. The van der Waals surface area contributed by atoms with Crippen molar-refractivity contribution in [2.45, 2.75) is 71.7 Å². The number of aryl methyl sites for hydroxylation is 1. The molecule has 4 heterocycles. The molecule has 2 aromatic heterocycles. The topological polar surface area (TPSA) is 112 Å². The summed E-state index contributed by atoms with van der Waals surface area (Å²) in [5.74, 6) is 0.806. The Morgan fingerprint density at radius 2 is 1.78 bits per heavy atom. The molecule has 2 amide bonds. The predicted molar refractivity (Wildman–Crippen MR) is 180 cm³/mol. The molecule has 2 fully saturated rings. The maximum atomic E-state index is 13.0. The van der Waals surface area contributed by atoms with Crippen LogP contribution in [0.5, 0.6) is 0 Å². The molecule has 46 heavy (non-hydrogen) atoms. The van der Waals surface area contributed by atoms with E-state index >= 15 is 0 Å². The van der Waals surface area contributed by atoms with Crippen molar-refractivity contribution in [3.63, 3.8) is 0 Å². The number of imidazole rings is 1. The van der Waals surface area contributed by atoms with Gasteiger partial charge in [-0.25, -0.2) is 9.78 Å². The Kier molecular flexibility index (Phi) is 9.42. The number of ether oxygens (including phenoxy) is 1. The van der Waals surface area contributed by atoms with E-state index in [9.17, 15) is 9.59 Å². The van der Waals surface area contributed by atoms with Gasteiger partial charge < -0.3 is 19.9 Å². The molecule has 2 aliphatic rings. The first-order valence-corrected chi connectivity index (χ1v) is 16.5. The number of likely N-dealkylation sites (tertiary alicyclic amines) is 1. The van der Waals surface area contributed by atoms with Gasteiger partial charge in [0.2, 0.25) is 0 Å². The van der Waals surface area contributed by atoms with Gasteiger partial charge in [0.05, 0.1) is 23.8 Å². The molecular formula is C35H46N8O3. The van der Waals surface area contributed by atoms with Crippen LogP contribution >= 0.6 is 0 Å². The van der Waals surface area contributed by atoms with E-state index in [-0.39, 0.29) is 12.0 Å². The van der Waals surface area contributed by atoms with Crippen LogP contribution in [0, 0.1) is 0 Å². The van der Waals surface area contributed by atoms with Crippen LogP contribution in [0.1, 0.15) is 63.1 Å². The molecule has 4 aromatic rings. The maximum Gasteiger partial charge on any atom is 0.410 e. The highest BCUT2D eigenvalue weighted by atomic mass is 16.6. The summed E-state index contributed by atoms with van der Waals surface area (Å²) in [7, 11) is 0. The molecule has 244 valence electrons. The molecule has 2 aromatic carbocycles. The number of carbonyl (C=O) groups excluding carboxylic acids is 2. The molecule has 0 bridgehead atoms. The normalized spacial score (nSPS) is 17.9. The van der Waals surface area contributed by atoms with Gasteiger partial charge in [0, 0.05) is 68.3 Å². The molecule has 0 saturated carbocycles. The minimum Gasteiger partial charge on any atom is -0.444 e. The first-order valence-electron chi connectivity index (χ1n) is 16.5. The summed E-state index contributed by atoms with van der Waals surface area (Å²) in [4.78, 5) is 40.2. The van der Waals surface area contributed by atoms with Gasteiger partial charge in [-0.3, -0.25) is 19.3 Å². The molecule has 0 unspecified atom stereocenters. The number of hydrogen-bond acceptors (Lipinski definition) is 7. The van der Waals surface area contributed by atoms with Crippen molar-refractivity contribution in [2.24, 2.45) is 0 Å². The van der Waals surface area contributed by atoms with Crippen LogP contribution in [0.4, 0.5) is 10.5 Å². The summed E-state index contributed by atoms with van der Waals surface area (Å²) < 4.78 is 7.46. The second kappa shape index (κ2) is 13.6. The monoisotopic (exact) mass is 626 g/mol. The van der Waals surface area contributed by atoms with E-state index in [2.05, 4.69) is 32.1 Å². The number of piperazine rings is 1. The van der Waals surface area contributed by atoms with Gasteiger partial charge in [-0.05, 0) is 89.4 Å². The van der Waals surface area contributed by atoms with Gasteiger partial charge >= 0.3 is 6.09 Å². The third kappa shape index (κ3) is 7.94.